The molecule has 2 aromatic rings. The van der Waals surface area contributed by atoms with Gasteiger partial charge in [-0.3, -0.25) is 4.98 Å². The highest BCUT2D eigenvalue weighted by atomic mass is 16.5. The number of aryl methyl sites for hydroxylation is 2. The van der Waals surface area contributed by atoms with E-state index in [1.54, 1.807) is 23.5 Å². The summed E-state index contributed by atoms with van der Waals surface area (Å²) in [6, 6.07) is 5.84. The second-order valence-electron chi connectivity index (χ2n) is 6.10. The molecule has 1 fully saturated rings. The number of hydrogen-bond acceptors (Lipinski definition) is 4. The van der Waals surface area contributed by atoms with Crippen molar-refractivity contribution in [1.29, 1.82) is 0 Å². The van der Waals surface area contributed by atoms with E-state index in [0.29, 0.717) is 12.4 Å². The molecule has 1 atom stereocenters. The van der Waals surface area contributed by atoms with Crippen molar-refractivity contribution in [1.82, 2.24) is 14.9 Å². The molecule has 1 aromatic carbocycles. The molecule has 6 nitrogen and oxygen atoms in total. The molecule has 1 aliphatic heterocycles. The molecular formula is C18H22N4O2. The second kappa shape index (κ2) is 7.29. The largest absolute Gasteiger partial charge is 0.471 e. The molecule has 1 unspecified atom stereocenters. The maximum atomic E-state index is 12.5. The Labute approximate surface area is 141 Å². The van der Waals surface area contributed by atoms with Gasteiger partial charge in [0.05, 0.1) is 12.7 Å². The van der Waals surface area contributed by atoms with E-state index in [-0.39, 0.29) is 12.1 Å². The smallest absolute Gasteiger partial charge is 0.321 e. The van der Waals surface area contributed by atoms with Gasteiger partial charge in [0.2, 0.25) is 5.88 Å². The van der Waals surface area contributed by atoms with E-state index in [1.165, 1.54) is 5.56 Å². The molecule has 0 radical (unpaired) electrons. The zero-order valence-corrected chi connectivity index (χ0v) is 14.0. The number of nitrogens with zero attached hydrogens (tertiary/aromatic N) is 3. The van der Waals surface area contributed by atoms with Crippen LogP contribution in [0.2, 0.25) is 0 Å². The van der Waals surface area contributed by atoms with Gasteiger partial charge in [-0.05, 0) is 49.9 Å². The van der Waals surface area contributed by atoms with Crippen LogP contribution in [0.25, 0.3) is 0 Å². The van der Waals surface area contributed by atoms with Gasteiger partial charge in [-0.1, -0.05) is 6.07 Å². The van der Waals surface area contributed by atoms with E-state index in [1.807, 2.05) is 25.1 Å². The number of amides is 2. The molecule has 1 N–H and O–H groups in total. The third-order valence-corrected chi connectivity index (χ3v) is 4.25. The summed E-state index contributed by atoms with van der Waals surface area (Å²) >= 11 is 0. The molecular weight excluding hydrogens is 304 g/mol. The van der Waals surface area contributed by atoms with Crippen molar-refractivity contribution in [2.45, 2.75) is 32.8 Å². The number of carbonyl (C=O) groups is 1. The fraction of sp³-hybridized carbons (Fsp3) is 0.389. The molecule has 0 spiro atoms. The summed E-state index contributed by atoms with van der Waals surface area (Å²) in [5, 5.41) is 2.97. The summed E-state index contributed by atoms with van der Waals surface area (Å²) in [7, 11) is 0. The van der Waals surface area contributed by atoms with Crippen LogP contribution >= 0.6 is 0 Å². The SMILES string of the molecule is Cc1ccc(NC(=O)N2CCCC(Oc3cnccn3)C2)cc1C. The van der Waals surface area contributed by atoms with Crippen molar-refractivity contribution in [2.75, 3.05) is 18.4 Å². The monoisotopic (exact) mass is 326 g/mol. The van der Waals surface area contributed by atoms with Crippen LogP contribution in [0.4, 0.5) is 10.5 Å². The number of likely N-dealkylation sites (tertiary alicyclic amines) is 1. The van der Waals surface area contributed by atoms with Crippen molar-refractivity contribution in [2.24, 2.45) is 0 Å². The van der Waals surface area contributed by atoms with Gasteiger partial charge < -0.3 is 15.0 Å². The van der Waals surface area contributed by atoms with Crippen LogP contribution < -0.4 is 10.1 Å². The first-order chi connectivity index (χ1) is 11.6. The van der Waals surface area contributed by atoms with Crippen molar-refractivity contribution in [3.63, 3.8) is 0 Å². The first-order valence-electron chi connectivity index (χ1n) is 8.17. The van der Waals surface area contributed by atoms with Gasteiger partial charge in [0.15, 0.2) is 0 Å². The van der Waals surface area contributed by atoms with Crippen LogP contribution in [0.1, 0.15) is 24.0 Å². The molecule has 0 saturated carbocycles. The van der Waals surface area contributed by atoms with E-state index in [9.17, 15) is 4.79 Å². The van der Waals surface area contributed by atoms with Gasteiger partial charge in [-0.25, -0.2) is 9.78 Å². The summed E-state index contributed by atoms with van der Waals surface area (Å²) in [6.07, 6.45) is 6.56. The molecule has 3 rings (SSSR count). The highest BCUT2D eigenvalue weighted by molar-refractivity contribution is 5.89. The van der Waals surface area contributed by atoms with Crippen LogP contribution in [0.5, 0.6) is 5.88 Å². The lowest BCUT2D eigenvalue weighted by Crippen LogP contribution is -2.46. The second-order valence-corrected chi connectivity index (χ2v) is 6.10. The van der Waals surface area contributed by atoms with Gasteiger partial charge in [-0.15, -0.1) is 0 Å². The highest BCUT2D eigenvalue weighted by Crippen LogP contribution is 2.18. The lowest BCUT2D eigenvalue weighted by molar-refractivity contribution is 0.102. The molecule has 1 aromatic heterocycles. The number of nitrogens with one attached hydrogen (secondary N) is 1. The average Bonchev–Trinajstić information content (AvgIpc) is 2.59. The predicted molar refractivity (Wildman–Crippen MR) is 92.2 cm³/mol. The lowest BCUT2D eigenvalue weighted by atomic mass is 10.1. The Kier molecular flexibility index (Phi) is 4.93. The van der Waals surface area contributed by atoms with Crippen molar-refractivity contribution in [3.8, 4) is 5.88 Å². The zero-order chi connectivity index (χ0) is 16.9. The number of rotatable bonds is 3. The van der Waals surface area contributed by atoms with Gasteiger partial charge >= 0.3 is 6.03 Å². The van der Waals surface area contributed by atoms with Crippen molar-refractivity contribution >= 4 is 11.7 Å². The van der Waals surface area contributed by atoms with Crippen LogP contribution in [-0.2, 0) is 0 Å². The first kappa shape index (κ1) is 16.2. The lowest BCUT2D eigenvalue weighted by Gasteiger charge is -2.32. The van der Waals surface area contributed by atoms with Gasteiger partial charge in [0.1, 0.15) is 6.10 Å². The number of piperidine rings is 1. The maximum Gasteiger partial charge on any atom is 0.321 e. The molecule has 6 heteroatoms. The van der Waals surface area contributed by atoms with Gasteiger partial charge in [0.25, 0.3) is 0 Å². The Bertz CT molecular complexity index is 705. The van der Waals surface area contributed by atoms with E-state index in [2.05, 4.69) is 22.2 Å². The van der Waals surface area contributed by atoms with E-state index >= 15 is 0 Å². The summed E-state index contributed by atoms with van der Waals surface area (Å²) in [5.74, 6) is 0.499. The van der Waals surface area contributed by atoms with Gasteiger partial charge in [0, 0.05) is 24.6 Å². The Morgan fingerprint density at radius 2 is 2.17 bits per heavy atom. The molecule has 0 bridgehead atoms. The van der Waals surface area contributed by atoms with Crippen molar-refractivity contribution < 1.29 is 9.53 Å². The van der Waals surface area contributed by atoms with E-state index in [4.69, 9.17) is 4.74 Å². The number of carbonyl (C=O) groups excluding carboxylic acids is 1. The normalized spacial score (nSPS) is 17.4. The summed E-state index contributed by atoms with van der Waals surface area (Å²) < 4.78 is 5.83. The standard InChI is InChI=1S/C18H22N4O2/c1-13-5-6-15(10-14(13)2)21-18(23)22-9-3-4-16(12-22)24-17-11-19-7-8-20-17/h5-8,10-11,16H,3-4,9,12H2,1-2H3,(H,21,23). The highest BCUT2D eigenvalue weighted by Gasteiger charge is 2.25. The van der Waals surface area contributed by atoms with E-state index in [0.717, 1.165) is 30.6 Å². The summed E-state index contributed by atoms with van der Waals surface area (Å²) in [4.78, 5) is 22.4. The number of hydrogen-bond donors (Lipinski definition) is 1. The van der Waals surface area contributed by atoms with Crippen molar-refractivity contribution in [3.05, 3.63) is 47.9 Å². The van der Waals surface area contributed by atoms with Crippen LogP contribution in [0.15, 0.2) is 36.8 Å². The first-order valence-corrected chi connectivity index (χ1v) is 8.17. The molecule has 2 amide bonds. The number of anilines is 1. The minimum absolute atomic E-state index is 0.0547. The molecule has 1 saturated heterocycles. The summed E-state index contributed by atoms with van der Waals surface area (Å²) in [6.45, 7) is 5.38. The molecule has 1 aliphatic rings. The topological polar surface area (TPSA) is 67.4 Å². The molecule has 0 aliphatic carbocycles. The molecule has 24 heavy (non-hydrogen) atoms. The zero-order valence-electron chi connectivity index (χ0n) is 14.0. The number of aromatic nitrogens is 2. The van der Waals surface area contributed by atoms with Crippen LogP contribution in [0.3, 0.4) is 0 Å². The Morgan fingerprint density at radius 3 is 2.92 bits per heavy atom. The third-order valence-electron chi connectivity index (χ3n) is 4.25. The van der Waals surface area contributed by atoms with E-state index < -0.39 is 0 Å². The predicted octanol–water partition coefficient (Wildman–Crippen LogP) is 3.17. The summed E-state index contributed by atoms with van der Waals surface area (Å²) in [5.41, 5.74) is 3.19. The Morgan fingerprint density at radius 1 is 1.29 bits per heavy atom. The molecule has 126 valence electrons. The van der Waals surface area contributed by atoms with Crippen LogP contribution in [0, 0.1) is 13.8 Å². The number of benzene rings is 1. The minimum Gasteiger partial charge on any atom is -0.471 e. The Hall–Kier alpha value is -2.63. The average molecular weight is 326 g/mol. The minimum atomic E-state index is -0.0919. The number of urea groups is 1. The third kappa shape index (κ3) is 4.01. The quantitative estimate of drug-likeness (QED) is 0.941. The number of ether oxygens (including phenoxy) is 1. The fourth-order valence-corrected chi connectivity index (χ4v) is 2.76. The van der Waals surface area contributed by atoms with Gasteiger partial charge in [-0.2, -0.15) is 0 Å². The maximum absolute atomic E-state index is 12.5. The fourth-order valence-electron chi connectivity index (χ4n) is 2.76. The van der Waals surface area contributed by atoms with Crippen LogP contribution in [-0.4, -0.2) is 40.1 Å². The Balaban J connectivity index is 1.59. The molecule has 2 heterocycles.